The van der Waals surface area contributed by atoms with Crippen LogP contribution in [-0.2, 0) is 6.61 Å². The molecule has 2 aromatic rings. The van der Waals surface area contributed by atoms with E-state index in [1.807, 2.05) is 29.2 Å². The van der Waals surface area contributed by atoms with E-state index >= 15 is 0 Å². The molecule has 142 valence electrons. The maximum atomic E-state index is 12.9. The Morgan fingerprint density at radius 1 is 1.11 bits per heavy atom. The first-order chi connectivity index (χ1) is 12.9. The summed E-state index contributed by atoms with van der Waals surface area (Å²) in [5.74, 6) is -0.0717. The Bertz CT molecular complexity index is 827. The Morgan fingerprint density at radius 2 is 1.81 bits per heavy atom. The van der Waals surface area contributed by atoms with E-state index in [-0.39, 0.29) is 24.6 Å². The van der Waals surface area contributed by atoms with Crippen molar-refractivity contribution in [3.8, 4) is 5.75 Å². The molecule has 0 spiro atoms. The molecule has 0 radical (unpaired) electrons. The average molecular weight is 367 g/mol. The van der Waals surface area contributed by atoms with Crippen molar-refractivity contribution in [2.45, 2.75) is 32.5 Å². The Balaban J connectivity index is 1.71. The number of nitrogens with one attached hydrogen (secondary N) is 1. The van der Waals surface area contributed by atoms with Crippen LogP contribution in [0.2, 0.25) is 0 Å². The average Bonchev–Trinajstić information content (AvgIpc) is 2.65. The Morgan fingerprint density at radius 3 is 2.52 bits per heavy atom. The second-order valence-corrected chi connectivity index (χ2v) is 7.03. The van der Waals surface area contributed by atoms with Gasteiger partial charge in [0.15, 0.2) is 0 Å². The highest BCUT2D eigenvalue weighted by molar-refractivity contribution is 5.95. The normalized spacial score (nSPS) is 19.6. The summed E-state index contributed by atoms with van der Waals surface area (Å²) >= 11 is 0. The van der Waals surface area contributed by atoms with Gasteiger partial charge in [-0.05, 0) is 43.7 Å². The third-order valence-corrected chi connectivity index (χ3v) is 4.57. The van der Waals surface area contributed by atoms with Crippen molar-refractivity contribution in [3.05, 3.63) is 65.2 Å². The molecule has 2 atom stereocenters. The zero-order valence-corrected chi connectivity index (χ0v) is 15.6. The van der Waals surface area contributed by atoms with Gasteiger partial charge < -0.3 is 20.7 Å². The molecule has 0 aliphatic carbocycles. The van der Waals surface area contributed by atoms with E-state index in [0.29, 0.717) is 30.0 Å². The molecule has 0 saturated carbocycles. The molecular weight excluding hydrogens is 342 g/mol. The smallest absolute Gasteiger partial charge is 0.253 e. The van der Waals surface area contributed by atoms with Crippen molar-refractivity contribution in [3.63, 3.8) is 0 Å². The van der Waals surface area contributed by atoms with Crippen molar-refractivity contribution in [2.75, 3.05) is 13.1 Å². The van der Waals surface area contributed by atoms with Crippen LogP contribution in [0, 0.1) is 0 Å². The number of nitrogens with zero attached hydrogens (tertiary/aromatic N) is 1. The van der Waals surface area contributed by atoms with Crippen LogP contribution in [0.3, 0.4) is 0 Å². The van der Waals surface area contributed by atoms with Crippen LogP contribution in [-0.4, -0.2) is 41.9 Å². The summed E-state index contributed by atoms with van der Waals surface area (Å²) in [6, 6.07) is 14.8. The van der Waals surface area contributed by atoms with E-state index in [9.17, 15) is 9.59 Å². The molecule has 2 amide bonds. The first-order valence-electron chi connectivity index (χ1n) is 9.10. The van der Waals surface area contributed by atoms with Crippen molar-refractivity contribution in [2.24, 2.45) is 5.73 Å². The topological polar surface area (TPSA) is 84.7 Å². The minimum atomic E-state index is -0.531. The number of hydrogen-bond donors (Lipinski definition) is 2. The second-order valence-electron chi connectivity index (χ2n) is 7.03. The highest BCUT2D eigenvalue weighted by atomic mass is 16.5. The summed E-state index contributed by atoms with van der Waals surface area (Å²) in [5, 5.41) is 3.43. The van der Waals surface area contributed by atoms with Crippen LogP contribution in [0.4, 0.5) is 0 Å². The van der Waals surface area contributed by atoms with Gasteiger partial charge >= 0.3 is 0 Å². The largest absolute Gasteiger partial charge is 0.488 e. The van der Waals surface area contributed by atoms with E-state index in [4.69, 9.17) is 10.5 Å². The number of rotatable bonds is 5. The molecule has 1 aliphatic heterocycles. The van der Waals surface area contributed by atoms with Crippen molar-refractivity contribution >= 4 is 11.8 Å². The van der Waals surface area contributed by atoms with Gasteiger partial charge in [-0.1, -0.05) is 24.3 Å². The number of benzene rings is 2. The zero-order chi connectivity index (χ0) is 19.4. The maximum absolute atomic E-state index is 12.9. The van der Waals surface area contributed by atoms with Gasteiger partial charge in [0.2, 0.25) is 0 Å². The monoisotopic (exact) mass is 367 g/mol. The van der Waals surface area contributed by atoms with Gasteiger partial charge in [0.25, 0.3) is 11.8 Å². The lowest BCUT2D eigenvalue weighted by atomic mass is 10.1. The van der Waals surface area contributed by atoms with Crippen molar-refractivity contribution < 1.29 is 14.3 Å². The lowest BCUT2D eigenvalue weighted by Gasteiger charge is -2.36. The number of ether oxygens (including phenoxy) is 1. The molecule has 1 aliphatic rings. The quantitative estimate of drug-likeness (QED) is 0.848. The summed E-state index contributed by atoms with van der Waals surface area (Å²) in [4.78, 5) is 26.2. The maximum Gasteiger partial charge on any atom is 0.253 e. The Hall–Kier alpha value is -2.86. The lowest BCUT2D eigenvalue weighted by molar-refractivity contribution is 0.0673. The summed E-state index contributed by atoms with van der Waals surface area (Å²) in [5.41, 5.74) is 7.22. The minimum absolute atomic E-state index is 0.0228. The van der Waals surface area contributed by atoms with Crippen LogP contribution in [0.1, 0.15) is 40.1 Å². The molecule has 2 aromatic carbocycles. The Labute approximate surface area is 159 Å². The zero-order valence-electron chi connectivity index (χ0n) is 15.6. The summed E-state index contributed by atoms with van der Waals surface area (Å²) < 4.78 is 5.76. The fourth-order valence-corrected chi connectivity index (χ4v) is 3.43. The molecule has 27 heavy (non-hydrogen) atoms. The van der Waals surface area contributed by atoms with E-state index in [2.05, 4.69) is 19.2 Å². The van der Waals surface area contributed by atoms with Gasteiger partial charge in [-0.25, -0.2) is 0 Å². The SMILES string of the molecule is C[C@@H]1CN(C(=O)c2cccc(COc3ccccc3C(N)=O)c2)C[C@H](C)N1. The van der Waals surface area contributed by atoms with Gasteiger partial charge in [0.1, 0.15) is 12.4 Å². The molecule has 1 saturated heterocycles. The van der Waals surface area contributed by atoms with Gasteiger partial charge in [-0.3, -0.25) is 9.59 Å². The minimum Gasteiger partial charge on any atom is -0.488 e. The molecule has 0 unspecified atom stereocenters. The van der Waals surface area contributed by atoms with Crippen molar-refractivity contribution in [1.29, 1.82) is 0 Å². The highest BCUT2D eigenvalue weighted by Crippen LogP contribution is 2.19. The number of para-hydroxylation sites is 1. The number of carbonyl (C=O) groups excluding carboxylic acids is 2. The molecule has 0 aromatic heterocycles. The fourth-order valence-electron chi connectivity index (χ4n) is 3.43. The van der Waals surface area contributed by atoms with Crippen LogP contribution in [0.5, 0.6) is 5.75 Å². The molecule has 1 heterocycles. The van der Waals surface area contributed by atoms with E-state index < -0.39 is 5.91 Å². The predicted octanol–water partition coefficient (Wildman–Crippen LogP) is 2.19. The number of carbonyl (C=O) groups is 2. The first kappa shape index (κ1) is 18.9. The second kappa shape index (κ2) is 8.22. The number of nitrogens with two attached hydrogens (primary N) is 1. The van der Waals surface area contributed by atoms with Gasteiger partial charge in [-0.15, -0.1) is 0 Å². The van der Waals surface area contributed by atoms with Gasteiger partial charge in [0, 0.05) is 30.7 Å². The van der Waals surface area contributed by atoms with Gasteiger partial charge in [-0.2, -0.15) is 0 Å². The van der Waals surface area contributed by atoms with Crippen LogP contribution < -0.4 is 15.8 Å². The summed E-state index contributed by atoms with van der Waals surface area (Å²) in [7, 11) is 0. The number of hydrogen-bond acceptors (Lipinski definition) is 4. The molecule has 0 bridgehead atoms. The van der Waals surface area contributed by atoms with Crippen LogP contribution in [0.15, 0.2) is 48.5 Å². The standard InChI is InChI=1S/C21H25N3O3/c1-14-11-24(12-15(2)23-14)21(26)17-7-5-6-16(10-17)13-27-19-9-4-3-8-18(19)20(22)25/h3-10,14-15,23H,11-13H2,1-2H3,(H2,22,25)/t14-,15+. The van der Waals surface area contributed by atoms with Gasteiger partial charge in [0.05, 0.1) is 5.56 Å². The molecule has 3 N–H and O–H groups in total. The van der Waals surface area contributed by atoms with Crippen LogP contribution in [0.25, 0.3) is 0 Å². The third-order valence-electron chi connectivity index (χ3n) is 4.57. The summed E-state index contributed by atoms with van der Waals surface area (Å²) in [6.07, 6.45) is 0. The molecule has 6 heteroatoms. The fraction of sp³-hybridized carbons (Fsp3) is 0.333. The molecular formula is C21H25N3O3. The molecule has 1 fully saturated rings. The summed E-state index contributed by atoms with van der Waals surface area (Å²) in [6.45, 7) is 5.79. The molecule has 6 nitrogen and oxygen atoms in total. The number of primary amides is 1. The van der Waals surface area contributed by atoms with E-state index in [1.165, 1.54) is 0 Å². The third kappa shape index (κ3) is 4.65. The lowest BCUT2D eigenvalue weighted by Crippen LogP contribution is -2.55. The Kier molecular flexibility index (Phi) is 5.76. The van der Waals surface area contributed by atoms with Crippen molar-refractivity contribution in [1.82, 2.24) is 10.2 Å². The van der Waals surface area contributed by atoms with E-state index in [0.717, 1.165) is 5.56 Å². The predicted molar refractivity (Wildman–Crippen MR) is 104 cm³/mol. The molecule has 3 rings (SSSR count). The van der Waals surface area contributed by atoms with Crippen LogP contribution >= 0.6 is 0 Å². The highest BCUT2D eigenvalue weighted by Gasteiger charge is 2.25. The first-order valence-corrected chi connectivity index (χ1v) is 9.10. The van der Waals surface area contributed by atoms with E-state index in [1.54, 1.807) is 24.3 Å². The number of amides is 2. The number of piperazine rings is 1.